The van der Waals surface area contributed by atoms with Crippen molar-refractivity contribution in [2.24, 2.45) is 0 Å². The van der Waals surface area contributed by atoms with E-state index in [9.17, 15) is 17.6 Å². The van der Waals surface area contributed by atoms with E-state index in [1.807, 2.05) is 59.5 Å². The molecule has 0 radical (unpaired) electrons. The third-order valence-electron chi connectivity index (χ3n) is 6.34. The van der Waals surface area contributed by atoms with E-state index in [1.165, 1.54) is 6.07 Å². The van der Waals surface area contributed by atoms with Crippen LogP contribution in [0, 0.1) is 0 Å². The van der Waals surface area contributed by atoms with Gasteiger partial charge in [0.15, 0.2) is 5.82 Å². The van der Waals surface area contributed by atoms with Crippen molar-refractivity contribution in [3.05, 3.63) is 118 Å². The number of aromatic nitrogens is 3. The van der Waals surface area contributed by atoms with Crippen molar-refractivity contribution in [3.63, 3.8) is 0 Å². The van der Waals surface area contributed by atoms with Gasteiger partial charge >= 0.3 is 6.18 Å². The van der Waals surface area contributed by atoms with Crippen LogP contribution in [0.15, 0.2) is 101 Å². The van der Waals surface area contributed by atoms with Crippen molar-refractivity contribution < 1.29 is 22.3 Å². The molecule has 9 heteroatoms. The summed E-state index contributed by atoms with van der Waals surface area (Å²) in [5.41, 5.74) is 3.29. The SMILES string of the molecule is C=C(I)/C(F)=C(\C=C/C)c1nc2ccn(Cc3ccc(-c4ccc(OCCC=C(C)C)cc4C(F)(F)F)cc3)cc-2n1. The van der Waals surface area contributed by atoms with Gasteiger partial charge in [-0.25, -0.2) is 14.4 Å². The number of pyridine rings is 1. The number of alkyl halides is 3. The molecule has 0 saturated carbocycles. The summed E-state index contributed by atoms with van der Waals surface area (Å²) in [6.07, 6.45) is 5.03. The average Bonchev–Trinajstić information content (AvgIpc) is 3.36. The maximum Gasteiger partial charge on any atom is 0.417 e. The van der Waals surface area contributed by atoms with E-state index in [2.05, 4.69) is 16.5 Å². The van der Waals surface area contributed by atoms with E-state index >= 15 is 0 Å². The van der Waals surface area contributed by atoms with Gasteiger partial charge in [0.1, 0.15) is 17.3 Å². The largest absolute Gasteiger partial charge is 0.493 e. The second-order valence-corrected chi connectivity index (χ2v) is 11.2. The van der Waals surface area contributed by atoms with Crippen LogP contribution in [0.2, 0.25) is 0 Å². The summed E-state index contributed by atoms with van der Waals surface area (Å²) < 4.78 is 64.3. The van der Waals surface area contributed by atoms with Gasteiger partial charge in [0.2, 0.25) is 0 Å². The fourth-order valence-corrected chi connectivity index (χ4v) is 4.64. The Bertz CT molecular complexity index is 1630. The molecule has 2 aliphatic rings. The first-order valence-electron chi connectivity index (χ1n) is 13.2. The first kappa shape index (κ1) is 31.2. The molecular formula is C33H30F4IN3O. The molecule has 2 aliphatic heterocycles. The smallest absolute Gasteiger partial charge is 0.417 e. The quantitative estimate of drug-likeness (QED) is 0.0548. The monoisotopic (exact) mass is 687 g/mol. The Kier molecular flexibility index (Phi) is 10.0. The Morgan fingerprint density at radius 1 is 1.05 bits per heavy atom. The number of ether oxygens (including phenoxy) is 1. The highest BCUT2D eigenvalue weighted by atomic mass is 127. The van der Waals surface area contributed by atoms with Crippen molar-refractivity contribution >= 4 is 28.2 Å². The van der Waals surface area contributed by atoms with E-state index < -0.39 is 17.6 Å². The zero-order valence-corrected chi connectivity index (χ0v) is 25.6. The van der Waals surface area contributed by atoms with Gasteiger partial charge in [-0.2, -0.15) is 13.2 Å². The second-order valence-electron chi connectivity index (χ2n) is 9.89. The van der Waals surface area contributed by atoms with Gasteiger partial charge in [-0.15, -0.1) is 0 Å². The van der Waals surface area contributed by atoms with E-state index in [0.717, 1.165) is 17.2 Å². The molecule has 2 aromatic rings. The molecule has 218 valence electrons. The van der Waals surface area contributed by atoms with Crippen LogP contribution in [0.4, 0.5) is 17.6 Å². The summed E-state index contributed by atoms with van der Waals surface area (Å²) >= 11 is 1.82. The predicted molar refractivity (Wildman–Crippen MR) is 168 cm³/mol. The average molecular weight is 688 g/mol. The minimum atomic E-state index is -4.53. The Hall–Kier alpha value is -3.73. The van der Waals surface area contributed by atoms with Crippen molar-refractivity contribution in [1.82, 2.24) is 14.5 Å². The van der Waals surface area contributed by atoms with Gasteiger partial charge in [0.05, 0.1) is 23.4 Å². The lowest BCUT2D eigenvalue weighted by atomic mass is 9.98. The summed E-state index contributed by atoms with van der Waals surface area (Å²) in [7, 11) is 0. The maximum absolute atomic E-state index is 14.7. The summed E-state index contributed by atoms with van der Waals surface area (Å²) in [6.45, 7) is 10.1. The van der Waals surface area contributed by atoms with Gasteiger partial charge < -0.3 is 9.30 Å². The minimum absolute atomic E-state index is 0.0887. The van der Waals surface area contributed by atoms with E-state index in [4.69, 9.17) is 4.74 Å². The molecule has 2 heterocycles. The zero-order valence-electron chi connectivity index (χ0n) is 23.5. The number of rotatable bonds is 10. The van der Waals surface area contributed by atoms with Crippen LogP contribution in [-0.4, -0.2) is 21.1 Å². The van der Waals surface area contributed by atoms with Crippen molar-refractivity contribution in [3.8, 4) is 28.3 Å². The highest BCUT2D eigenvalue weighted by Crippen LogP contribution is 2.39. The van der Waals surface area contributed by atoms with E-state index in [0.29, 0.717) is 36.5 Å². The number of fused-ring (bicyclic) bond motifs is 1. The highest BCUT2D eigenvalue weighted by Gasteiger charge is 2.34. The molecule has 4 nitrogen and oxygen atoms in total. The number of benzene rings is 2. The van der Waals surface area contributed by atoms with Gasteiger partial charge in [-0.1, -0.05) is 60.7 Å². The second kappa shape index (κ2) is 13.5. The van der Waals surface area contributed by atoms with Crippen LogP contribution in [0.3, 0.4) is 0 Å². The zero-order chi connectivity index (χ0) is 30.4. The van der Waals surface area contributed by atoms with E-state index in [1.54, 1.807) is 55.5 Å². The van der Waals surface area contributed by atoms with E-state index in [-0.39, 0.29) is 26.3 Å². The van der Waals surface area contributed by atoms with Crippen LogP contribution in [-0.2, 0) is 12.7 Å². The summed E-state index contributed by atoms with van der Waals surface area (Å²) in [6, 6.07) is 12.8. The molecule has 0 saturated heterocycles. The summed E-state index contributed by atoms with van der Waals surface area (Å²) in [5, 5.41) is 0. The van der Waals surface area contributed by atoms with Gasteiger partial charge in [0, 0.05) is 22.5 Å². The Labute approximate surface area is 256 Å². The molecule has 0 atom stereocenters. The van der Waals surface area contributed by atoms with Gasteiger partial charge in [0.25, 0.3) is 0 Å². The molecule has 0 bridgehead atoms. The molecular weight excluding hydrogens is 657 g/mol. The van der Waals surface area contributed by atoms with Crippen LogP contribution >= 0.6 is 22.6 Å². The number of hydrogen-bond acceptors (Lipinski definition) is 3. The highest BCUT2D eigenvalue weighted by molar-refractivity contribution is 14.1. The van der Waals surface area contributed by atoms with Gasteiger partial charge in [-0.3, -0.25) is 0 Å². The lowest BCUT2D eigenvalue weighted by molar-refractivity contribution is -0.137. The van der Waals surface area contributed by atoms with Crippen molar-refractivity contribution in [1.29, 1.82) is 0 Å². The third-order valence-corrected chi connectivity index (χ3v) is 6.82. The molecule has 2 aromatic carbocycles. The molecule has 0 fully saturated rings. The number of hydrogen-bond donors (Lipinski definition) is 0. The third kappa shape index (κ3) is 7.76. The Morgan fingerprint density at radius 2 is 1.76 bits per heavy atom. The lowest BCUT2D eigenvalue weighted by Gasteiger charge is -2.16. The number of imidazole rings is 1. The molecule has 0 amide bonds. The number of allylic oxidation sites excluding steroid dienone is 6. The summed E-state index contributed by atoms with van der Waals surface area (Å²) in [5.74, 6) is -0.0247. The molecule has 0 N–H and O–H groups in total. The minimum Gasteiger partial charge on any atom is -0.493 e. The molecule has 0 aliphatic carbocycles. The van der Waals surface area contributed by atoms with Crippen LogP contribution in [0.1, 0.15) is 44.1 Å². The molecule has 42 heavy (non-hydrogen) atoms. The standard InChI is InChI=1S/C33H30F4IN3O/c1-5-7-27(31(34)22(4)38)32-39-29-15-16-41(20-30(29)40-32)19-23-9-11-24(12-10-23)26-14-13-25(18-28(26)33(35,36)37)42-17-6-8-21(2)3/h5,7-16,18,20H,4,6,17,19H2,1-3H3/b7-5-,31-27-. The first-order chi connectivity index (χ1) is 20.0. The molecule has 0 spiro atoms. The number of halogens is 5. The topological polar surface area (TPSA) is 39.9 Å². The van der Waals surface area contributed by atoms with Crippen LogP contribution in [0.5, 0.6) is 5.75 Å². The fourth-order valence-electron chi connectivity index (χ4n) is 4.35. The van der Waals surface area contributed by atoms with Crippen molar-refractivity contribution in [2.75, 3.05) is 6.61 Å². The fraction of sp³-hybridized carbons (Fsp3) is 0.212. The first-order valence-corrected chi connectivity index (χ1v) is 14.3. The van der Waals surface area contributed by atoms with Crippen molar-refractivity contribution in [2.45, 2.75) is 39.9 Å². The number of nitrogens with zero attached hydrogens (tertiary/aromatic N) is 3. The van der Waals surface area contributed by atoms with Crippen LogP contribution in [0.25, 0.3) is 28.1 Å². The Morgan fingerprint density at radius 3 is 2.40 bits per heavy atom. The molecule has 0 aromatic heterocycles. The van der Waals surface area contributed by atoms with Gasteiger partial charge in [-0.05, 0) is 84.7 Å². The van der Waals surface area contributed by atoms with Crippen LogP contribution < -0.4 is 4.74 Å². The Balaban J connectivity index is 1.55. The lowest BCUT2D eigenvalue weighted by Crippen LogP contribution is -2.08. The molecule has 4 rings (SSSR count). The summed E-state index contributed by atoms with van der Waals surface area (Å²) in [4.78, 5) is 8.99. The predicted octanol–water partition coefficient (Wildman–Crippen LogP) is 10.1. The molecule has 0 unspecified atom stereocenters. The maximum atomic E-state index is 14.7. The normalized spacial score (nSPS) is 12.5.